The summed E-state index contributed by atoms with van der Waals surface area (Å²) in [7, 11) is -1.52. The molecule has 0 radical (unpaired) electrons. The summed E-state index contributed by atoms with van der Waals surface area (Å²) >= 11 is 1.55. The number of hydrogen-bond acceptors (Lipinski definition) is 5. The van der Waals surface area contributed by atoms with Crippen LogP contribution in [0, 0.1) is 0 Å². The lowest BCUT2D eigenvalue weighted by molar-refractivity contribution is 0.415. The fraction of sp³-hybridized carbons (Fsp3) is 0.438. The van der Waals surface area contributed by atoms with E-state index in [1.54, 1.807) is 18.4 Å². The van der Waals surface area contributed by atoms with E-state index in [1.807, 2.05) is 36.6 Å². The highest BCUT2D eigenvalue weighted by Crippen LogP contribution is 2.24. The number of aromatic nitrogens is 1. The zero-order valence-electron chi connectivity index (χ0n) is 13.4. The highest BCUT2D eigenvalue weighted by atomic mass is 32.2. The Bertz CT molecular complexity index is 709. The van der Waals surface area contributed by atoms with Crippen molar-refractivity contribution in [3.8, 4) is 17.0 Å². The molecule has 0 aliphatic rings. The molecule has 0 saturated carbocycles. The molecule has 0 atom stereocenters. The Morgan fingerprint density at radius 3 is 2.65 bits per heavy atom. The second-order valence-electron chi connectivity index (χ2n) is 5.17. The summed E-state index contributed by atoms with van der Waals surface area (Å²) in [5.41, 5.74) is 1.93. The number of benzene rings is 1. The highest BCUT2D eigenvalue weighted by molar-refractivity contribution is 7.89. The number of nitrogens with one attached hydrogen (secondary N) is 1. The van der Waals surface area contributed by atoms with Gasteiger partial charge in [-0.2, -0.15) is 0 Å². The highest BCUT2D eigenvalue weighted by Gasteiger charge is 2.10. The zero-order valence-corrected chi connectivity index (χ0v) is 15.0. The van der Waals surface area contributed by atoms with Crippen molar-refractivity contribution >= 4 is 21.4 Å². The van der Waals surface area contributed by atoms with Crippen LogP contribution in [0.5, 0.6) is 5.75 Å². The maximum atomic E-state index is 11.7. The van der Waals surface area contributed by atoms with E-state index in [2.05, 4.69) is 9.71 Å². The molecule has 126 valence electrons. The van der Waals surface area contributed by atoms with Crippen molar-refractivity contribution in [2.45, 2.75) is 26.2 Å². The van der Waals surface area contributed by atoms with Crippen molar-refractivity contribution in [3.63, 3.8) is 0 Å². The summed E-state index contributed by atoms with van der Waals surface area (Å²) in [6.45, 7) is 2.37. The molecule has 0 fully saturated rings. The number of sulfonamides is 1. The van der Waals surface area contributed by atoms with Crippen LogP contribution in [0.2, 0.25) is 0 Å². The van der Waals surface area contributed by atoms with Crippen LogP contribution < -0.4 is 9.46 Å². The maximum absolute atomic E-state index is 11.7. The Morgan fingerprint density at radius 2 is 2.00 bits per heavy atom. The Kier molecular flexibility index (Phi) is 6.56. The van der Waals surface area contributed by atoms with Crippen LogP contribution in [0.1, 0.15) is 24.8 Å². The minimum absolute atomic E-state index is 0.193. The average molecular weight is 354 g/mol. The van der Waals surface area contributed by atoms with Crippen molar-refractivity contribution in [1.82, 2.24) is 9.71 Å². The van der Waals surface area contributed by atoms with Gasteiger partial charge in [0.15, 0.2) is 0 Å². The number of ether oxygens (including phenoxy) is 1. The maximum Gasteiger partial charge on any atom is 0.211 e. The topological polar surface area (TPSA) is 68.3 Å². The molecular weight excluding hydrogens is 332 g/mol. The van der Waals surface area contributed by atoms with Gasteiger partial charge in [-0.05, 0) is 30.7 Å². The molecule has 7 heteroatoms. The van der Waals surface area contributed by atoms with Crippen LogP contribution in [-0.4, -0.2) is 32.8 Å². The molecule has 0 spiro atoms. The minimum Gasteiger partial charge on any atom is -0.497 e. The molecule has 5 nitrogen and oxygen atoms in total. The lowest BCUT2D eigenvalue weighted by Gasteiger charge is -2.04. The smallest absolute Gasteiger partial charge is 0.211 e. The number of hydrogen-bond donors (Lipinski definition) is 1. The molecule has 0 unspecified atom stereocenters. The first kappa shape index (κ1) is 17.9. The Morgan fingerprint density at radius 1 is 1.26 bits per heavy atom. The SMILES string of the molecule is CCCCS(=O)(=O)NCCc1nc(-c2ccc(OC)cc2)cs1. The van der Waals surface area contributed by atoms with Crippen molar-refractivity contribution in [2.75, 3.05) is 19.4 Å². The molecule has 0 amide bonds. The monoisotopic (exact) mass is 354 g/mol. The number of unbranched alkanes of at least 4 members (excludes halogenated alkanes) is 1. The molecule has 2 rings (SSSR count). The van der Waals surface area contributed by atoms with Crippen LogP contribution >= 0.6 is 11.3 Å². The van der Waals surface area contributed by atoms with Gasteiger partial charge in [0.1, 0.15) is 5.75 Å². The summed E-state index contributed by atoms with van der Waals surface area (Å²) < 4.78 is 31.2. The Hall–Kier alpha value is -1.44. The van der Waals surface area contributed by atoms with Crippen LogP contribution in [-0.2, 0) is 16.4 Å². The van der Waals surface area contributed by atoms with E-state index in [0.717, 1.165) is 28.4 Å². The minimum atomic E-state index is -3.15. The molecule has 0 saturated heterocycles. The summed E-state index contributed by atoms with van der Waals surface area (Å²) in [5.74, 6) is 1.00. The molecule has 23 heavy (non-hydrogen) atoms. The predicted molar refractivity (Wildman–Crippen MR) is 94.5 cm³/mol. The lowest BCUT2D eigenvalue weighted by Crippen LogP contribution is -2.28. The lowest BCUT2D eigenvalue weighted by atomic mass is 10.2. The van der Waals surface area contributed by atoms with Gasteiger partial charge in [-0.25, -0.2) is 18.1 Å². The second-order valence-corrected chi connectivity index (χ2v) is 8.04. The zero-order chi connectivity index (χ0) is 16.7. The summed E-state index contributed by atoms with van der Waals surface area (Å²) in [5, 5.41) is 2.91. The van der Waals surface area contributed by atoms with Crippen LogP contribution in [0.3, 0.4) is 0 Å². The van der Waals surface area contributed by atoms with Gasteiger partial charge in [-0.15, -0.1) is 11.3 Å². The van der Waals surface area contributed by atoms with Crippen LogP contribution in [0.4, 0.5) is 0 Å². The molecular formula is C16H22N2O3S2. The normalized spacial score (nSPS) is 11.6. The third-order valence-corrected chi connectivity index (χ3v) is 5.74. The van der Waals surface area contributed by atoms with E-state index in [-0.39, 0.29) is 5.75 Å². The Balaban J connectivity index is 1.89. The van der Waals surface area contributed by atoms with E-state index >= 15 is 0 Å². The summed E-state index contributed by atoms with van der Waals surface area (Å²) in [6, 6.07) is 7.72. The summed E-state index contributed by atoms with van der Waals surface area (Å²) in [4.78, 5) is 4.56. The third-order valence-electron chi connectivity index (χ3n) is 3.36. The van der Waals surface area contributed by atoms with E-state index in [9.17, 15) is 8.42 Å². The first-order valence-electron chi connectivity index (χ1n) is 7.60. The molecule has 1 aromatic carbocycles. The number of methoxy groups -OCH3 is 1. The molecule has 2 aromatic rings. The van der Waals surface area contributed by atoms with Gasteiger partial charge in [-0.1, -0.05) is 13.3 Å². The molecule has 0 aliphatic carbocycles. The van der Waals surface area contributed by atoms with Crippen LogP contribution in [0.15, 0.2) is 29.6 Å². The van der Waals surface area contributed by atoms with Crippen molar-refractivity contribution in [3.05, 3.63) is 34.7 Å². The van der Waals surface area contributed by atoms with Crippen molar-refractivity contribution in [2.24, 2.45) is 0 Å². The predicted octanol–water partition coefficient (Wildman–Crippen LogP) is 3.08. The fourth-order valence-electron chi connectivity index (χ4n) is 2.04. The van der Waals surface area contributed by atoms with Gasteiger partial charge >= 0.3 is 0 Å². The van der Waals surface area contributed by atoms with E-state index in [1.165, 1.54) is 0 Å². The average Bonchev–Trinajstić information content (AvgIpc) is 3.02. The van der Waals surface area contributed by atoms with Gasteiger partial charge in [0, 0.05) is 23.9 Å². The molecule has 0 aliphatic heterocycles. The van der Waals surface area contributed by atoms with Crippen molar-refractivity contribution in [1.29, 1.82) is 0 Å². The first-order chi connectivity index (χ1) is 11.0. The third kappa shape index (κ3) is 5.60. The van der Waals surface area contributed by atoms with E-state index in [0.29, 0.717) is 19.4 Å². The van der Waals surface area contributed by atoms with Gasteiger partial charge in [0.25, 0.3) is 0 Å². The number of rotatable bonds is 9. The standard InChI is InChI=1S/C16H22N2O3S2/c1-3-4-11-23(19,20)17-10-9-16-18-15(12-22-16)13-5-7-14(21-2)8-6-13/h5-8,12,17H,3-4,9-11H2,1-2H3. The molecule has 1 N–H and O–H groups in total. The van der Waals surface area contributed by atoms with Gasteiger partial charge in [0.2, 0.25) is 10.0 Å². The Labute approximate surface area is 141 Å². The van der Waals surface area contributed by atoms with Gasteiger partial charge < -0.3 is 4.74 Å². The number of thiazole rings is 1. The first-order valence-corrected chi connectivity index (χ1v) is 10.1. The van der Waals surface area contributed by atoms with Crippen LogP contribution in [0.25, 0.3) is 11.3 Å². The summed E-state index contributed by atoms with van der Waals surface area (Å²) in [6.07, 6.45) is 2.17. The largest absolute Gasteiger partial charge is 0.497 e. The van der Waals surface area contributed by atoms with Gasteiger partial charge in [-0.3, -0.25) is 0 Å². The van der Waals surface area contributed by atoms with Gasteiger partial charge in [0.05, 0.1) is 23.6 Å². The quantitative estimate of drug-likeness (QED) is 0.751. The fourth-order valence-corrected chi connectivity index (χ4v) is 4.07. The molecule has 1 aromatic heterocycles. The van der Waals surface area contributed by atoms with E-state index < -0.39 is 10.0 Å². The second kappa shape index (κ2) is 8.42. The van der Waals surface area contributed by atoms with E-state index in [4.69, 9.17) is 4.74 Å². The number of nitrogens with zero attached hydrogens (tertiary/aromatic N) is 1. The van der Waals surface area contributed by atoms with Crippen molar-refractivity contribution < 1.29 is 13.2 Å². The molecule has 0 bridgehead atoms. The molecule has 1 heterocycles.